The van der Waals surface area contributed by atoms with Crippen LogP contribution in [0.5, 0.6) is 5.75 Å². The monoisotopic (exact) mass is 378 g/mol. The molecule has 140 valence electrons. The number of alkyl halides is 2. The highest BCUT2D eigenvalue weighted by Gasteiger charge is 2.41. The lowest BCUT2D eigenvalue weighted by Gasteiger charge is -2.20. The molecule has 0 unspecified atom stereocenters. The van der Waals surface area contributed by atoms with Crippen LogP contribution in [0.25, 0.3) is 10.8 Å². The third-order valence-corrected chi connectivity index (χ3v) is 4.05. The van der Waals surface area contributed by atoms with E-state index < -0.39 is 29.1 Å². The fourth-order valence-electron chi connectivity index (χ4n) is 2.77. The average Bonchev–Trinajstić information content (AvgIpc) is 2.59. The first-order valence-electron chi connectivity index (χ1n) is 8.15. The number of aryl methyl sites for hydroxylation is 1. The molecule has 3 rings (SSSR count). The van der Waals surface area contributed by atoms with Gasteiger partial charge >= 0.3 is 6.11 Å². The number of hydrogen-bond acceptors (Lipinski definition) is 1. The second kappa shape index (κ2) is 7.39. The summed E-state index contributed by atoms with van der Waals surface area (Å²) in [6.07, 6.45) is -1.92. The molecular formula is C21H15F5O. The van der Waals surface area contributed by atoms with Crippen LogP contribution in [0.1, 0.15) is 17.5 Å². The smallest absolute Gasteiger partial charge is 0.429 e. The number of ether oxygens (including phenoxy) is 1. The van der Waals surface area contributed by atoms with Gasteiger partial charge in [-0.3, -0.25) is 0 Å². The van der Waals surface area contributed by atoms with Crippen LogP contribution in [0.15, 0.2) is 61.2 Å². The molecule has 0 radical (unpaired) electrons. The Balaban J connectivity index is 1.92. The van der Waals surface area contributed by atoms with E-state index in [1.807, 2.05) is 0 Å². The fraction of sp³-hybridized carbons (Fsp3) is 0.143. The van der Waals surface area contributed by atoms with E-state index in [9.17, 15) is 22.0 Å². The van der Waals surface area contributed by atoms with E-state index in [1.165, 1.54) is 36.4 Å². The van der Waals surface area contributed by atoms with Crippen LogP contribution in [-0.4, -0.2) is 0 Å². The number of benzene rings is 3. The first kappa shape index (κ1) is 18.9. The van der Waals surface area contributed by atoms with Crippen molar-refractivity contribution in [3.05, 3.63) is 89.8 Å². The van der Waals surface area contributed by atoms with Gasteiger partial charge in [-0.25, -0.2) is 13.2 Å². The summed E-state index contributed by atoms with van der Waals surface area (Å²) >= 11 is 0. The number of hydrogen-bond donors (Lipinski definition) is 0. The van der Waals surface area contributed by atoms with Crippen molar-refractivity contribution in [1.82, 2.24) is 0 Å². The molecule has 1 nitrogen and oxygen atoms in total. The van der Waals surface area contributed by atoms with Crippen molar-refractivity contribution < 1.29 is 26.7 Å². The SMILES string of the molecule is C=CCCc1cc(F)c(C(F)(F)Oc2ccc3cc(F)ccc3c2)c(F)c1. The van der Waals surface area contributed by atoms with E-state index >= 15 is 0 Å². The molecule has 0 aliphatic rings. The van der Waals surface area contributed by atoms with Crippen LogP contribution in [0.4, 0.5) is 22.0 Å². The van der Waals surface area contributed by atoms with Gasteiger partial charge < -0.3 is 4.74 Å². The Morgan fingerprint density at radius 1 is 0.889 bits per heavy atom. The maximum absolute atomic E-state index is 14.4. The lowest BCUT2D eigenvalue weighted by Crippen LogP contribution is -2.25. The summed E-state index contributed by atoms with van der Waals surface area (Å²) in [4.78, 5) is 0. The molecular weight excluding hydrogens is 363 g/mol. The van der Waals surface area contributed by atoms with Gasteiger partial charge in [-0.1, -0.05) is 18.2 Å². The predicted molar refractivity (Wildman–Crippen MR) is 93.3 cm³/mol. The number of fused-ring (bicyclic) bond motifs is 1. The van der Waals surface area contributed by atoms with Gasteiger partial charge in [0.05, 0.1) is 0 Å². The Morgan fingerprint density at radius 2 is 1.52 bits per heavy atom. The van der Waals surface area contributed by atoms with Crippen molar-refractivity contribution in [3.8, 4) is 5.75 Å². The minimum Gasteiger partial charge on any atom is -0.429 e. The highest BCUT2D eigenvalue weighted by molar-refractivity contribution is 5.83. The highest BCUT2D eigenvalue weighted by atomic mass is 19.3. The molecule has 0 amide bonds. The van der Waals surface area contributed by atoms with Gasteiger partial charge in [0, 0.05) is 0 Å². The Labute approximate surface area is 152 Å². The van der Waals surface area contributed by atoms with Crippen LogP contribution >= 0.6 is 0 Å². The van der Waals surface area contributed by atoms with Crippen LogP contribution in [0, 0.1) is 17.5 Å². The van der Waals surface area contributed by atoms with Crippen molar-refractivity contribution in [2.75, 3.05) is 0 Å². The number of allylic oxidation sites excluding steroid dienone is 1. The van der Waals surface area contributed by atoms with Gasteiger partial charge in [0.2, 0.25) is 0 Å². The van der Waals surface area contributed by atoms with Crippen molar-refractivity contribution >= 4 is 10.8 Å². The summed E-state index contributed by atoms with van der Waals surface area (Å²) < 4.78 is 75.0. The lowest BCUT2D eigenvalue weighted by atomic mass is 10.1. The second-order valence-electron chi connectivity index (χ2n) is 6.03. The quantitative estimate of drug-likeness (QED) is 0.351. The molecule has 0 heterocycles. The molecule has 0 atom stereocenters. The molecule has 0 fully saturated rings. The van der Waals surface area contributed by atoms with Gasteiger partial charge in [0.25, 0.3) is 0 Å². The van der Waals surface area contributed by atoms with Gasteiger partial charge in [0.15, 0.2) is 0 Å². The minimum atomic E-state index is -4.22. The van der Waals surface area contributed by atoms with E-state index in [2.05, 4.69) is 11.3 Å². The molecule has 6 heteroatoms. The van der Waals surface area contributed by atoms with Gasteiger partial charge in [-0.15, -0.1) is 6.58 Å². The molecule has 0 saturated heterocycles. The summed E-state index contributed by atoms with van der Waals surface area (Å²) in [5, 5.41) is 0.931. The van der Waals surface area contributed by atoms with Crippen LogP contribution in [-0.2, 0) is 12.5 Å². The Morgan fingerprint density at radius 3 is 2.19 bits per heavy atom. The van der Waals surface area contributed by atoms with Crippen LogP contribution in [0.2, 0.25) is 0 Å². The van der Waals surface area contributed by atoms with Crippen molar-refractivity contribution in [2.24, 2.45) is 0 Å². The van der Waals surface area contributed by atoms with Gasteiger partial charge in [-0.2, -0.15) is 8.78 Å². The van der Waals surface area contributed by atoms with Crippen LogP contribution in [0.3, 0.4) is 0 Å². The fourth-order valence-corrected chi connectivity index (χ4v) is 2.77. The molecule has 0 spiro atoms. The molecule has 0 aliphatic heterocycles. The summed E-state index contributed by atoms with van der Waals surface area (Å²) in [7, 11) is 0. The largest absolute Gasteiger partial charge is 0.432 e. The summed E-state index contributed by atoms with van der Waals surface area (Å²) in [6, 6.07) is 9.34. The summed E-state index contributed by atoms with van der Waals surface area (Å²) in [5.41, 5.74) is -1.21. The number of rotatable bonds is 6. The Hall–Kier alpha value is -2.89. The molecule has 0 N–H and O–H groups in total. The number of halogens is 5. The van der Waals surface area contributed by atoms with Crippen molar-refractivity contribution in [1.29, 1.82) is 0 Å². The predicted octanol–water partition coefficient (Wildman–Crippen LogP) is 6.50. The van der Waals surface area contributed by atoms with Crippen molar-refractivity contribution in [3.63, 3.8) is 0 Å². The third-order valence-electron chi connectivity index (χ3n) is 4.05. The standard InChI is InChI=1S/C21H15F5O/c1-2-3-4-13-9-18(23)20(19(24)10-13)21(25,26)27-17-8-6-14-11-16(22)7-5-15(14)12-17/h2,5-12H,1,3-4H2. The zero-order chi connectivity index (χ0) is 19.6. The second-order valence-corrected chi connectivity index (χ2v) is 6.03. The minimum absolute atomic E-state index is 0.247. The molecule has 0 bridgehead atoms. The van der Waals surface area contributed by atoms with E-state index in [4.69, 9.17) is 0 Å². The topological polar surface area (TPSA) is 9.23 Å². The van der Waals surface area contributed by atoms with Crippen molar-refractivity contribution in [2.45, 2.75) is 19.0 Å². The normalized spacial score (nSPS) is 11.6. The Bertz CT molecular complexity index is 974. The van der Waals surface area contributed by atoms with E-state index in [-0.39, 0.29) is 17.7 Å². The molecule has 0 aromatic heterocycles. The molecule has 3 aromatic carbocycles. The molecule has 0 aliphatic carbocycles. The van der Waals surface area contributed by atoms with E-state index in [0.29, 0.717) is 17.2 Å². The zero-order valence-corrected chi connectivity index (χ0v) is 14.1. The molecule has 0 saturated carbocycles. The zero-order valence-electron chi connectivity index (χ0n) is 14.1. The first-order chi connectivity index (χ1) is 12.8. The lowest BCUT2D eigenvalue weighted by molar-refractivity contribution is -0.189. The molecule has 3 aromatic rings. The van der Waals surface area contributed by atoms with E-state index in [0.717, 1.165) is 12.1 Å². The van der Waals surface area contributed by atoms with Gasteiger partial charge in [0.1, 0.15) is 28.8 Å². The maximum Gasteiger partial charge on any atom is 0.432 e. The van der Waals surface area contributed by atoms with Gasteiger partial charge in [-0.05, 0) is 65.6 Å². The highest BCUT2D eigenvalue weighted by Crippen LogP contribution is 2.36. The summed E-state index contributed by atoms with van der Waals surface area (Å²) in [5.74, 6) is -3.54. The average molecular weight is 378 g/mol. The Kier molecular flexibility index (Phi) is 5.17. The van der Waals surface area contributed by atoms with Crippen LogP contribution < -0.4 is 4.74 Å². The molecule has 27 heavy (non-hydrogen) atoms. The first-order valence-corrected chi connectivity index (χ1v) is 8.15. The maximum atomic E-state index is 14.4. The summed E-state index contributed by atoms with van der Waals surface area (Å²) in [6.45, 7) is 3.50. The third kappa shape index (κ3) is 4.10. The van der Waals surface area contributed by atoms with E-state index in [1.54, 1.807) is 6.08 Å².